The Morgan fingerprint density at radius 3 is 1.34 bits per heavy atom. The molecule has 0 aromatic carbocycles. The Kier molecular flexibility index (Phi) is 44.4. The lowest BCUT2D eigenvalue weighted by Crippen LogP contribution is -2.29. The average Bonchev–Trinajstić information content (AvgIpc) is 3.25. The average molecular weight is 883 g/mol. The number of phosphoric ester groups is 1. The van der Waals surface area contributed by atoms with Gasteiger partial charge in [0.15, 0.2) is 6.10 Å². The van der Waals surface area contributed by atoms with E-state index in [1.807, 2.05) is 6.08 Å². The van der Waals surface area contributed by atoms with Gasteiger partial charge in [-0.2, -0.15) is 0 Å². The number of ether oxygens (including phenoxy) is 2. The first-order valence-electron chi connectivity index (χ1n) is 24.6. The number of allylic oxidation sites excluding steroid dienone is 8. The lowest BCUT2D eigenvalue weighted by Gasteiger charge is -2.20. The Hall–Kier alpha value is -2.07. The third-order valence-corrected chi connectivity index (χ3v) is 11.4. The highest BCUT2D eigenvalue weighted by molar-refractivity contribution is 7.47. The van der Waals surface area contributed by atoms with E-state index < -0.39 is 51.8 Å². The Morgan fingerprint density at radius 1 is 0.492 bits per heavy atom. The predicted octanol–water partition coefficient (Wildman–Crippen LogP) is 13.7. The molecule has 0 bridgehead atoms. The number of unbranched alkanes of at least 4 members (excludes halogenated alkanes) is 24. The molecule has 3 N–H and O–H groups in total. The summed E-state index contributed by atoms with van der Waals surface area (Å²) in [5.41, 5.74) is 0. The molecule has 0 saturated heterocycles. The lowest BCUT2D eigenvalue weighted by atomic mass is 10.0. The van der Waals surface area contributed by atoms with Crippen molar-refractivity contribution in [1.29, 1.82) is 0 Å². The van der Waals surface area contributed by atoms with Gasteiger partial charge < -0.3 is 24.6 Å². The minimum Gasteiger partial charge on any atom is -0.462 e. The quantitative estimate of drug-likeness (QED) is 0.0233. The van der Waals surface area contributed by atoms with Crippen LogP contribution in [0.2, 0.25) is 0 Å². The summed E-state index contributed by atoms with van der Waals surface area (Å²) in [6.45, 7) is 2.34. The number of aliphatic hydroxyl groups is 2. The Bertz CT molecular complexity index is 1150. The second-order valence-electron chi connectivity index (χ2n) is 16.5. The molecular weight excluding hydrogens is 792 g/mol. The van der Waals surface area contributed by atoms with Gasteiger partial charge in [0, 0.05) is 12.8 Å². The minimum atomic E-state index is -4.63. The molecule has 356 valence electrons. The van der Waals surface area contributed by atoms with E-state index in [0.29, 0.717) is 19.3 Å². The van der Waals surface area contributed by atoms with Crippen LogP contribution >= 0.6 is 7.82 Å². The zero-order valence-corrected chi connectivity index (χ0v) is 39.8. The summed E-state index contributed by atoms with van der Waals surface area (Å²) in [5.74, 6) is -0.982. The standard InChI is InChI=1S/C50H91O10P/c1-3-5-7-9-11-13-15-17-19-21-22-23-24-26-28-30-32-34-36-38-40-42-50(54)60-48(46-59-61(55,56)58-44-47(52)43-51)45-57-49(53)41-39-37-35-33-31-29-27-25-20-18-16-14-12-10-8-6-4-2/h17-20,27,29,33,35,47-48,51-52H,3-16,21-26,28,30-32,34,36-46H2,1-2H3,(H,55,56)/b19-17+,20-18+,29-27+,35-33+/t47-,48+/m0/s1. The highest BCUT2D eigenvalue weighted by atomic mass is 31.2. The molecule has 0 aliphatic rings. The van der Waals surface area contributed by atoms with Crippen LogP contribution in [0.4, 0.5) is 0 Å². The van der Waals surface area contributed by atoms with Crippen LogP contribution in [0.15, 0.2) is 48.6 Å². The molecule has 0 heterocycles. The van der Waals surface area contributed by atoms with E-state index in [0.717, 1.165) is 38.5 Å². The van der Waals surface area contributed by atoms with Gasteiger partial charge in [0.25, 0.3) is 0 Å². The topological polar surface area (TPSA) is 149 Å². The van der Waals surface area contributed by atoms with Crippen LogP contribution in [0, 0.1) is 0 Å². The molecule has 0 radical (unpaired) electrons. The Morgan fingerprint density at radius 2 is 0.869 bits per heavy atom. The van der Waals surface area contributed by atoms with Gasteiger partial charge in [-0.05, 0) is 70.6 Å². The van der Waals surface area contributed by atoms with E-state index in [2.05, 4.69) is 56.4 Å². The highest BCUT2D eigenvalue weighted by Crippen LogP contribution is 2.43. The maximum Gasteiger partial charge on any atom is 0.472 e. The molecule has 0 amide bonds. The van der Waals surface area contributed by atoms with Crippen molar-refractivity contribution < 1.29 is 47.8 Å². The highest BCUT2D eigenvalue weighted by Gasteiger charge is 2.27. The molecule has 0 aromatic rings. The van der Waals surface area contributed by atoms with Crippen LogP contribution in [-0.4, -0.2) is 65.7 Å². The summed E-state index contributed by atoms with van der Waals surface area (Å²) < 4.78 is 32.8. The van der Waals surface area contributed by atoms with Crippen molar-refractivity contribution in [2.45, 2.75) is 232 Å². The summed E-state index contributed by atoms with van der Waals surface area (Å²) in [6.07, 6.45) is 50.9. The van der Waals surface area contributed by atoms with Gasteiger partial charge in [-0.15, -0.1) is 0 Å². The number of carbonyl (C=O) groups excluding carboxylic acids is 2. The van der Waals surface area contributed by atoms with Crippen molar-refractivity contribution in [2.75, 3.05) is 26.4 Å². The largest absolute Gasteiger partial charge is 0.472 e. The predicted molar refractivity (Wildman–Crippen MR) is 251 cm³/mol. The number of hydrogen-bond donors (Lipinski definition) is 3. The molecule has 1 unspecified atom stereocenters. The molecule has 61 heavy (non-hydrogen) atoms. The summed E-state index contributed by atoms with van der Waals surface area (Å²) >= 11 is 0. The number of esters is 2. The zero-order valence-electron chi connectivity index (χ0n) is 38.9. The van der Waals surface area contributed by atoms with Crippen molar-refractivity contribution >= 4 is 19.8 Å². The third-order valence-electron chi connectivity index (χ3n) is 10.5. The van der Waals surface area contributed by atoms with Gasteiger partial charge in [0.1, 0.15) is 12.7 Å². The van der Waals surface area contributed by atoms with Gasteiger partial charge in [0.05, 0.1) is 19.8 Å². The number of hydrogen-bond acceptors (Lipinski definition) is 9. The van der Waals surface area contributed by atoms with Gasteiger partial charge in [-0.1, -0.05) is 184 Å². The van der Waals surface area contributed by atoms with E-state index in [4.69, 9.17) is 23.6 Å². The smallest absolute Gasteiger partial charge is 0.462 e. The molecule has 10 nitrogen and oxygen atoms in total. The lowest BCUT2D eigenvalue weighted by molar-refractivity contribution is -0.161. The first-order chi connectivity index (χ1) is 29.7. The van der Waals surface area contributed by atoms with E-state index in [-0.39, 0.29) is 19.4 Å². The molecule has 0 fully saturated rings. The maximum absolute atomic E-state index is 12.7. The second kappa shape index (κ2) is 45.9. The van der Waals surface area contributed by atoms with Crippen LogP contribution in [-0.2, 0) is 32.7 Å². The van der Waals surface area contributed by atoms with Crippen molar-refractivity contribution in [1.82, 2.24) is 0 Å². The van der Waals surface area contributed by atoms with E-state index >= 15 is 0 Å². The monoisotopic (exact) mass is 883 g/mol. The Labute approximate surface area is 373 Å². The minimum absolute atomic E-state index is 0.170. The molecule has 11 heteroatoms. The van der Waals surface area contributed by atoms with E-state index in [1.54, 1.807) is 0 Å². The second-order valence-corrected chi connectivity index (χ2v) is 17.9. The number of rotatable bonds is 46. The molecule has 3 atom stereocenters. The fourth-order valence-electron chi connectivity index (χ4n) is 6.65. The number of aliphatic hydroxyl groups excluding tert-OH is 2. The summed E-state index contributed by atoms with van der Waals surface area (Å²) in [6, 6.07) is 0. The van der Waals surface area contributed by atoms with Crippen molar-refractivity contribution in [3.05, 3.63) is 48.6 Å². The van der Waals surface area contributed by atoms with Crippen LogP contribution in [0.3, 0.4) is 0 Å². The maximum atomic E-state index is 12.7. The number of carbonyl (C=O) groups is 2. The van der Waals surface area contributed by atoms with E-state index in [1.165, 1.54) is 135 Å². The van der Waals surface area contributed by atoms with E-state index in [9.17, 15) is 24.2 Å². The number of phosphoric acid groups is 1. The van der Waals surface area contributed by atoms with Gasteiger partial charge in [-0.25, -0.2) is 4.57 Å². The third kappa shape index (κ3) is 45.8. The van der Waals surface area contributed by atoms with Crippen molar-refractivity contribution in [2.24, 2.45) is 0 Å². The van der Waals surface area contributed by atoms with Gasteiger partial charge >= 0.3 is 19.8 Å². The van der Waals surface area contributed by atoms with Crippen LogP contribution in [0.1, 0.15) is 219 Å². The fraction of sp³-hybridized carbons (Fsp3) is 0.800. The summed E-state index contributed by atoms with van der Waals surface area (Å²) in [5, 5.41) is 18.4. The zero-order chi connectivity index (χ0) is 44.8. The van der Waals surface area contributed by atoms with Crippen LogP contribution in [0.5, 0.6) is 0 Å². The van der Waals surface area contributed by atoms with Crippen molar-refractivity contribution in [3.8, 4) is 0 Å². The molecule has 0 spiro atoms. The summed E-state index contributed by atoms with van der Waals surface area (Å²) in [4.78, 5) is 35.1. The van der Waals surface area contributed by atoms with Crippen LogP contribution in [0.25, 0.3) is 0 Å². The van der Waals surface area contributed by atoms with Crippen molar-refractivity contribution in [3.63, 3.8) is 0 Å². The molecule has 0 aromatic heterocycles. The molecule has 0 aliphatic carbocycles. The summed E-state index contributed by atoms with van der Waals surface area (Å²) in [7, 11) is -4.63. The van der Waals surface area contributed by atoms with Gasteiger partial charge in [0.2, 0.25) is 0 Å². The SMILES string of the molecule is CCCCCCCC/C=C/C/C=C/C/C=C/CCCC(=O)OC[C@H](COP(=O)(O)OC[C@@H](O)CO)OC(=O)CCCCCCCCCCCCC/C=C/CCCCCCCC. The fourth-order valence-corrected chi connectivity index (χ4v) is 7.44. The first kappa shape index (κ1) is 58.9. The molecular formula is C50H91O10P. The van der Waals surface area contributed by atoms with Crippen LogP contribution < -0.4 is 0 Å². The normalized spacial score (nSPS) is 14.1. The first-order valence-corrected chi connectivity index (χ1v) is 26.1. The molecule has 0 saturated carbocycles. The Balaban J connectivity index is 4.27. The molecule has 0 aliphatic heterocycles. The molecule has 0 rings (SSSR count). The van der Waals surface area contributed by atoms with Gasteiger partial charge in [-0.3, -0.25) is 18.6 Å².